The fourth-order valence-corrected chi connectivity index (χ4v) is 3.32. The van der Waals surface area contributed by atoms with Crippen molar-refractivity contribution in [3.05, 3.63) is 40.8 Å². The van der Waals surface area contributed by atoms with Crippen molar-refractivity contribution in [1.82, 2.24) is 15.3 Å². The SMILES string of the molecule is CC1=C(C#N)[C@H](c2cnc[nH]2)C2=C(CC(C)(C)CC2=O)N1. The molecule has 0 saturated carbocycles. The largest absolute Gasteiger partial charge is 0.361 e. The smallest absolute Gasteiger partial charge is 0.162 e. The molecule has 2 heterocycles. The minimum Gasteiger partial charge on any atom is -0.361 e. The molecule has 2 N–H and O–H groups in total. The minimum atomic E-state index is -0.322. The predicted molar refractivity (Wildman–Crippen MR) is 77.8 cm³/mol. The molecule has 21 heavy (non-hydrogen) atoms. The standard InChI is InChI=1S/C16H18N4O/c1-9-10(6-17)14(12-7-18-8-19-12)15-11(20-9)4-16(2,3)5-13(15)21/h7-8,14,20H,4-5H2,1-3H3,(H,18,19)/t14-/m1/s1. The van der Waals surface area contributed by atoms with Crippen LogP contribution in [0.2, 0.25) is 0 Å². The molecular formula is C16H18N4O. The number of H-pyrrole nitrogens is 1. The van der Waals surface area contributed by atoms with Gasteiger partial charge in [-0.1, -0.05) is 13.8 Å². The molecule has 5 heteroatoms. The van der Waals surface area contributed by atoms with Gasteiger partial charge in [-0.25, -0.2) is 4.98 Å². The van der Waals surface area contributed by atoms with Crippen molar-refractivity contribution >= 4 is 5.78 Å². The third-order valence-corrected chi connectivity index (χ3v) is 4.19. The number of nitriles is 1. The van der Waals surface area contributed by atoms with Crippen LogP contribution in [0, 0.1) is 16.7 Å². The van der Waals surface area contributed by atoms with Crippen molar-refractivity contribution in [3.63, 3.8) is 0 Å². The molecule has 3 rings (SSSR count). The molecule has 0 amide bonds. The number of hydrogen-bond donors (Lipinski definition) is 2. The summed E-state index contributed by atoms with van der Waals surface area (Å²) >= 11 is 0. The van der Waals surface area contributed by atoms with Gasteiger partial charge in [0.25, 0.3) is 0 Å². The Bertz CT molecular complexity index is 701. The van der Waals surface area contributed by atoms with E-state index in [0.717, 1.165) is 29.1 Å². The van der Waals surface area contributed by atoms with Gasteiger partial charge in [-0.15, -0.1) is 0 Å². The molecule has 1 aromatic rings. The molecule has 0 fully saturated rings. The van der Waals surface area contributed by atoms with Crippen LogP contribution in [-0.4, -0.2) is 15.8 Å². The van der Waals surface area contributed by atoms with Crippen LogP contribution in [0.1, 0.15) is 45.2 Å². The van der Waals surface area contributed by atoms with E-state index in [9.17, 15) is 10.1 Å². The highest BCUT2D eigenvalue weighted by Gasteiger charge is 2.41. The Morgan fingerprint density at radius 2 is 2.19 bits per heavy atom. The predicted octanol–water partition coefficient (Wildman–Crippen LogP) is 2.54. The van der Waals surface area contributed by atoms with Crippen LogP contribution in [0.15, 0.2) is 35.1 Å². The summed E-state index contributed by atoms with van der Waals surface area (Å²) in [5.41, 5.74) is 3.83. The van der Waals surface area contributed by atoms with E-state index in [1.807, 2.05) is 6.92 Å². The van der Waals surface area contributed by atoms with Gasteiger partial charge in [0, 0.05) is 35.3 Å². The quantitative estimate of drug-likeness (QED) is 0.829. The molecular weight excluding hydrogens is 264 g/mol. The summed E-state index contributed by atoms with van der Waals surface area (Å²) in [5, 5.41) is 12.8. The van der Waals surface area contributed by atoms with Crippen molar-refractivity contribution in [2.45, 2.75) is 39.5 Å². The number of rotatable bonds is 1. The Labute approximate surface area is 123 Å². The molecule has 0 spiro atoms. The molecule has 0 radical (unpaired) electrons. The molecule has 0 aromatic carbocycles. The first-order valence-electron chi connectivity index (χ1n) is 7.05. The number of Topliss-reactive ketones (excluding diaryl/α,β-unsaturated/α-hetero) is 1. The number of carbonyl (C=O) groups excluding carboxylic acids is 1. The summed E-state index contributed by atoms with van der Waals surface area (Å²) in [4.78, 5) is 19.7. The fourth-order valence-electron chi connectivity index (χ4n) is 3.32. The summed E-state index contributed by atoms with van der Waals surface area (Å²) in [6, 6.07) is 2.25. The number of ketones is 1. The van der Waals surface area contributed by atoms with Gasteiger partial charge in [0.1, 0.15) is 0 Å². The van der Waals surface area contributed by atoms with Gasteiger partial charge >= 0.3 is 0 Å². The fraction of sp³-hybridized carbons (Fsp3) is 0.438. The van der Waals surface area contributed by atoms with E-state index in [0.29, 0.717) is 12.0 Å². The average molecular weight is 282 g/mol. The first-order valence-corrected chi connectivity index (χ1v) is 7.05. The molecule has 0 unspecified atom stereocenters. The molecule has 2 aliphatic rings. The van der Waals surface area contributed by atoms with Crippen LogP contribution >= 0.6 is 0 Å². The van der Waals surface area contributed by atoms with Crippen molar-refractivity contribution in [3.8, 4) is 6.07 Å². The van der Waals surface area contributed by atoms with Crippen molar-refractivity contribution in [2.24, 2.45) is 5.41 Å². The van der Waals surface area contributed by atoms with Crippen LogP contribution in [0.5, 0.6) is 0 Å². The van der Waals surface area contributed by atoms with Crippen LogP contribution < -0.4 is 5.32 Å². The number of dihydropyridines is 1. The maximum atomic E-state index is 12.7. The molecule has 5 nitrogen and oxygen atoms in total. The number of allylic oxidation sites excluding steroid dienone is 4. The molecule has 1 aromatic heterocycles. The zero-order chi connectivity index (χ0) is 15.2. The van der Waals surface area contributed by atoms with Gasteiger partial charge in [0.15, 0.2) is 5.78 Å². The second kappa shape index (κ2) is 4.59. The van der Waals surface area contributed by atoms with E-state index in [-0.39, 0.29) is 17.1 Å². The van der Waals surface area contributed by atoms with Crippen molar-refractivity contribution in [2.75, 3.05) is 0 Å². The number of imidazole rings is 1. The third-order valence-electron chi connectivity index (χ3n) is 4.19. The number of aromatic amines is 1. The second-order valence-corrected chi connectivity index (χ2v) is 6.55. The van der Waals surface area contributed by atoms with Gasteiger partial charge in [0.05, 0.1) is 23.9 Å². The maximum absolute atomic E-state index is 12.7. The molecule has 1 atom stereocenters. The number of hydrogen-bond acceptors (Lipinski definition) is 4. The monoisotopic (exact) mass is 282 g/mol. The topological polar surface area (TPSA) is 81.6 Å². The highest BCUT2D eigenvalue weighted by molar-refractivity contribution is 6.00. The summed E-state index contributed by atoms with van der Waals surface area (Å²) in [5.74, 6) is -0.203. The van der Waals surface area contributed by atoms with Crippen molar-refractivity contribution < 1.29 is 4.79 Å². The summed E-state index contributed by atoms with van der Waals surface area (Å²) < 4.78 is 0. The molecule has 1 aliphatic heterocycles. The summed E-state index contributed by atoms with van der Waals surface area (Å²) in [7, 11) is 0. The average Bonchev–Trinajstić information content (AvgIpc) is 2.88. The molecule has 108 valence electrons. The van der Waals surface area contributed by atoms with Crippen molar-refractivity contribution in [1.29, 1.82) is 5.26 Å². The number of carbonyl (C=O) groups is 1. The van der Waals surface area contributed by atoms with Crippen LogP contribution in [0.3, 0.4) is 0 Å². The highest BCUT2D eigenvalue weighted by Crippen LogP contribution is 2.45. The number of aromatic nitrogens is 2. The second-order valence-electron chi connectivity index (χ2n) is 6.55. The maximum Gasteiger partial charge on any atom is 0.162 e. The summed E-state index contributed by atoms with van der Waals surface area (Å²) in [6.45, 7) is 6.08. The van der Waals surface area contributed by atoms with Gasteiger partial charge in [-0.2, -0.15) is 5.26 Å². The Morgan fingerprint density at radius 3 is 2.81 bits per heavy atom. The first kappa shape index (κ1) is 13.6. The van der Waals surface area contributed by atoms with Crippen LogP contribution in [0.25, 0.3) is 0 Å². The zero-order valence-electron chi connectivity index (χ0n) is 12.4. The van der Waals surface area contributed by atoms with E-state index >= 15 is 0 Å². The van der Waals surface area contributed by atoms with Gasteiger partial charge in [-0.3, -0.25) is 4.79 Å². The Morgan fingerprint density at radius 1 is 1.43 bits per heavy atom. The lowest BCUT2D eigenvalue weighted by molar-refractivity contribution is -0.118. The minimum absolute atomic E-state index is 0.0497. The zero-order valence-corrected chi connectivity index (χ0v) is 12.4. The lowest BCUT2D eigenvalue weighted by atomic mass is 9.69. The first-order chi connectivity index (χ1) is 9.93. The highest BCUT2D eigenvalue weighted by atomic mass is 16.1. The lowest BCUT2D eigenvalue weighted by Crippen LogP contribution is -2.36. The van der Waals surface area contributed by atoms with Crippen LogP contribution in [-0.2, 0) is 4.79 Å². The third kappa shape index (κ3) is 2.17. The number of nitrogens with zero attached hydrogens (tertiary/aromatic N) is 2. The Kier molecular flexibility index (Phi) is 2.98. The van der Waals surface area contributed by atoms with E-state index < -0.39 is 0 Å². The Balaban J connectivity index is 2.17. The van der Waals surface area contributed by atoms with Gasteiger partial charge in [-0.05, 0) is 18.8 Å². The normalized spacial score (nSPS) is 24.5. The van der Waals surface area contributed by atoms with Gasteiger partial charge in [0.2, 0.25) is 0 Å². The summed E-state index contributed by atoms with van der Waals surface area (Å²) in [6.07, 6.45) is 4.60. The van der Waals surface area contributed by atoms with E-state index in [2.05, 4.69) is 35.2 Å². The molecule has 0 bridgehead atoms. The van der Waals surface area contributed by atoms with Gasteiger partial charge < -0.3 is 10.3 Å². The number of nitrogens with one attached hydrogen (secondary N) is 2. The van der Waals surface area contributed by atoms with Crippen LogP contribution in [0.4, 0.5) is 0 Å². The van der Waals surface area contributed by atoms with E-state index in [1.165, 1.54) is 0 Å². The molecule has 0 saturated heterocycles. The molecule has 1 aliphatic carbocycles. The van der Waals surface area contributed by atoms with E-state index in [4.69, 9.17) is 0 Å². The van der Waals surface area contributed by atoms with E-state index in [1.54, 1.807) is 12.5 Å². The Hall–Kier alpha value is -2.35. The lowest BCUT2D eigenvalue weighted by Gasteiger charge is -2.38.